The molecule has 144 valence electrons. The topological polar surface area (TPSA) is 76.2 Å². The zero-order valence-electron chi connectivity index (χ0n) is 15.2. The van der Waals surface area contributed by atoms with Gasteiger partial charge >= 0.3 is 0 Å². The monoisotopic (exact) mass is 380 g/mol. The molecule has 7 nitrogen and oxygen atoms in total. The summed E-state index contributed by atoms with van der Waals surface area (Å²) < 4.78 is 10.6. The summed E-state index contributed by atoms with van der Waals surface area (Å²) >= 11 is 0. The smallest absolute Gasteiger partial charge is 0.246 e. The number of fused-ring (bicyclic) bond motifs is 2. The Balaban J connectivity index is 1.19. The van der Waals surface area contributed by atoms with Gasteiger partial charge in [0.15, 0.2) is 11.5 Å². The molecule has 0 aromatic heterocycles. The lowest BCUT2D eigenvalue weighted by Gasteiger charge is -2.42. The van der Waals surface area contributed by atoms with E-state index in [1.54, 1.807) is 11.0 Å². The largest absolute Gasteiger partial charge is 0.454 e. The van der Waals surface area contributed by atoms with Gasteiger partial charge in [0.1, 0.15) is 0 Å². The highest BCUT2D eigenvalue weighted by molar-refractivity contribution is 6.06. The molecule has 7 heteroatoms. The molecule has 5 rings (SSSR count). The summed E-state index contributed by atoms with van der Waals surface area (Å²) in [6, 6.07) is 5.29. The van der Waals surface area contributed by atoms with Crippen LogP contribution in [0.25, 0.3) is 6.08 Å². The summed E-state index contributed by atoms with van der Waals surface area (Å²) in [5, 5.41) is 0. The molecule has 0 spiro atoms. The van der Waals surface area contributed by atoms with Gasteiger partial charge in [0.2, 0.25) is 24.5 Å². The van der Waals surface area contributed by atoms with Crippen LogP contribution < -0.4 is 9.47 Å². The van der Waals surface area contributed by atoms with Crippen molar-refractivity contribution < 1.29 is 23.9 Å². The SMILES string of the molecule is O=C(/C=C/c1ccc2c(c1)OCO2)N1CC(N2C(=O)[C@@H]3CC=CC[C@H]3C2=O)C1. The fourth-order valence-corrected chi connectivity index (χ4v) is 4.27. The zero-order chi connectivity index (χ0) is 19.3. The number of nitrogens with zero attached hydrogens (tertiary/aromatic N) is 2. The van der Waals surface area contributed by atoms with Gasteiger partial charge in [0.05, 0.1) is 17.9 Å². The van der Waals surface area contributed by atoms with E-state index in [0.29, 0.717) is 37.4 Å². The Morgan fingerprint density at radius 1 is 1.00 bits per heavy atom. The Hall–Kier alpha value is -3.09. The molecule has 1 aliphatic carbocycles. The normalized spacial score (nSPS) is 26.1. The van der Waals surface area contributed by atoms with Crippen LogP contribution in [0, 0.1) is 11.8 Å². The van der Waals surface area contributed by atoms with Crippen molar-refractivity contribution in [2.45, 2.75) is 18.9 Å². The molecule has 3 heterocycles. The number of ether oxygens (including phenoxy) is 2. The van der Waals surface area contributed by atoms with Crippen LogP contribution in [0.15, 0.2) is 36.4 Å². The second-order valence-electron chi connectivity index (χ2n) is 7.55. The number of hydrogen-bond acceptors (Lipinski definition) is 5. The molecule has 0 bridgehead atoms. The summed E-state index contributed by atoms with van der Waals surface area (Å²) in [6.45, 7) is 1.01. The van der Waals surface area contributed by atoms with Gasteiger partial charge < -0.3 is 14.4 Å². The third-order valence-electron chi connectivity index (χ3n) is 5.90. The predicted octanol–water partition coefficient (Wildman–Crippen LogP) is 1.59. The summed E-state index contributed by atoms with van der Waals surface area (Å²) in [7, 11) is 0. The Morgan fingerprint density at radius 2 is 1.68 bits per heavy atom. The van der Waals surface area contributed by atoms with Crippen LogP contribution in [0.3, 0.4) is 0 Å². The summed E-state index contributed by atoms with van der Waals surface area (Å²) in [5.74, 6) is 0.651. The number of amides is 3. The Morgan fingerprint density at radius 3 is 2.39 bits per heavy atom. The van der Waals surface area contributed by atoms with Gasteiger partial charge in [-0.3, -0.25) is 19.3 Å². The van der Waals surface area contributed by atoms with Crippen LogP contribution in [-0.2, 0) is 14.4 Å². The molecule has 3 aliphatic heterocycles. The minimum absolute atomic E-state index is 0.0765. The number of rotatable bonds is 3. The van der Waals surface area contributed by atoms with Crippen molar-refractivity contribution in [3.63, 3.8) is 0 Å². The second-order valence-corrected chi connectivity index (χ2v) is 7.55. The first kappa shape index (κ1) is 17.0. The molecule has 3 amide bonds. The van der Waals surface area contributed by atoms with Gasteiger partial charge in [-0.05, 0) is 36.6 Å². The molecule has 2 fully saturated rings. The maximum Gasteiger partial charge on any atom is 0.246 e. The summed E-state index contributed by atoms with van der Waals surface area (Å²) in [5.41, 5.74) is 0.844. The summed E-state index contributed by atoms with van der Waals surface area (Å²) in [6.07, 6.45) is 8.47. The fourth-order valence-electron chi connectivity index (χ4n) is 4.27. The van der Waals surface area contributed by atoms with E-state index in [-0.39, 0.29) is 42.4 Å². The first-order valence-corrected chi connectivity index (χ1v) is 9.50. The van der Waals surface area contributed by atoms with Gasteiger partial charge in [0, 0.05) is 19.2 Å². The van der Waals surface area contributed by atoms with Crippen molar-refractivity contribution in [2.75, 3.05) is 19.9 Å². The average molecular weight is 380 g/mol. The van der Waals surface area contributed by atoms with Crippen LogP contribution >= 0.6 is 0 Å². The van der Waals surface area contributed by atoms with E-state index in [1.165, 1.54) is 11.0 Å². The average Bonchev–Trinajstić information content (AvgIpc) is 3.23. The van der Waals surface area contributed by atoms with E-state index in [2.05, 4.69) is 0 Å². The first-order valence-electron chi connectivity index (χ1n) is 9.50. The van der Waals surface area contributed by atoms with Gasteiger partial charge in [-0.1, -0.05) is 18.2 Å². The number of carbonyl (C=O) groups excluding carboxylic acids is 3. The molecule has 4 aliphatic rings. The number of imide groups is 1. The number of benzene rings is 1. The Labute approximate surface area is 162 Å². The third kappa shape index (κ3) is 2.69. The zero-order valence-corrected chi connectivity index (χ0v) is 15.2. The van der Waals surface area contributed by atoms with Gasteiger partial charge in [-0.2, -0.15) is 0 Å². The van der Waals surface area contributed by atoms with Crippen LogP contribution in [0.1, 0.15) is 18.4 Å². The fraction of sp³-hybridized carbons (Fsp3) is 0.381. The number of allylic oxidation sites excluding steroid dienone is 2. The summed E-state index contributed by atoms with van der Waals surface area (Å²) in [4.78, 5) is 40.6. The van der Waals surface area contributed by atoms with E-state index >= 15 is 0 Å². The highest BCUT2D eigenvalue weighted by Crippen LogP contribution is 2.37. The van der Waals surface area contributed by atoms with E-state index in [1.807, 2.05) is 30.4 Å². The van der Waals surface area contributed by atoms with Crippen molar-refractivity contribution in [2.24, 2.45) is 11.8 Å². The molecule has 0 radical (unpaired) electrons. The van der Waals surface area contributed by atoms with Crippen LogP contribution in [-0.4, -0.2) is 53.4 Å². The second kappa shape index (κ2) is 6.51. The number of hydrogen-bond donors (Lipinski definition) is 0. The van der Waals surface area contributed by atoms with E-state index in [9.17, 15) is 14.4 Å². The quantitative estimate of drug-likeness (QED) is 0.452. The molecular formula is C21H20N2O5. The van der Waals surface area contributed by atoms with Crippen molar-refractivity contribution in [3.8, 4) is 11.5 Å². The molecule has 0 saturated carbocycles. The van der Waals surface area contributed by atoms with Crippen molar-refractivity contribution in [1.82, 2.24) is 9.80 Å². The van der Waals surface area contributed by atoms with E-state index < -0.39 is 0 Å². The van der Waals surface area contributed by atoms with Gasteiger partial charge in [0.25, 0.3) is 0 Å². The van der Waals surface area contributed by atoms with Gasteiger partial charge in [-0.25, -0.2) is 0 Å². The lowest BCUT2D eigenvalue weighted by Crippen LogP contribution is -2.62. The van der Waals surface area contributed by atoms with Crippen molar-refractivity contribution in [1.29, 1.82) is 0 Å². The Bertz CT molecular complexity index is 889. The maximum absolute atomic E-state index is 12.6. The minimum Gasteiger partial charge on any atom is -0.454 e. The van der Waals surface area contributed by atoms with Crippen molar-refractivity contribution in [3.05, 3.63) is 42.0 Å². The molecule has 2 atom stereocenters. The molecule has 1 aromatic carbocycles. The van der Waals surface area contributed by atoms with Crippen LogP contribution in [0.2, 0.25) is 0 Å². The molecule has 0 N–H and O–H groups in total. The van der Waals surface area contributed by atoms with E-state index in [4.69, 9.17) is 9.47 Å². The van der Waals surface area contributed by atoms with Crippen LogP contribution in [0.5, 0.6) is 11.5 Å². The molecule has 1 aromatic rings. The van der Waals surface area contributed by atoms with Crippen LogP contribution in [0.4, 0.5) is 0 Å². The lowest BCUT2D eigenvalue weighted by molar-refractivity contribution is -0.151. The molecular weight excluding hydrogens is 360 g/mol. The lowest BCUT2D eigenvalue weighted by atomic mass is 9.85. The first-order chi connectivity index (χ1) is 13.6. The highest BCUT2D eigenvalue weighted by Gasteiger charge is 2.52. The number of carbonyl (C=O) groups is 3. The molecule has 0 unspecified atom stereocenters. The highest BCUT2D eigenvalue weighted by atomic mass is 16.7. The maximum atomic E-state index is 12.6. The molecule has 28 heavy (non-hydrogen) atoms. The number of likely N-dealkylation sites (tertiary alicyclic amines) is 2. The van der Waals surface area contributed by atoms with Crippen molar-refractivity contribution >= 4 is 23.8 Å². The predicted molar refractivity (Wildman–Crippen MR) is 99.2 cm³/mol. The molecule has 2 saturated heterocycles. The van der Waals surface area contributed by atoms with E-state index in [0.717, 1.165) is 5.56 Å². The minimum atomic E-state index is -0.215. The van der Waals surface area contributed by atoms with Gasteiger partial charge in [-0.15, -0.1) is 0 Å². The standard InChI is InChI=1S/C21H20N2O5/c24-19(8-6-13-5-7-17-18(9-13)28-12-27-17)22-10-14(11-22)23-20(25)15-3-1-2-4-16(15)21(23)26/h1-2,5-9,14-16H,3-4,10-12H2/b8-6+/t15-,16-/m1/s1. The third-order valence-corrected chi connectivity index (χ3v) is 5.90. The Kier molecular flexibility index (Phi) is 3.96.